The van der Waals surface area contributed by atoms with Crippen LogP contribution >= 0.6 is 0 Å². The normalized spacial score (nSPS) is 10.0. The number of amides is 1. The maximum atomic E-state index is 12.3. The van der Waals surface area contributed by atoms with E-state index in [1.54, 1.807) is 19.1 Å². The number of carbonyl (C=O) groups is 1. The first-order chi connectivity index (χ1) is 12.7. The second kappa shape index (κ2) is 7.95. The number of rotatable bonds is 5. The molecule has 0 fully saturated rings. The van der Waals surface area contributed by atoms with Crippen LogP contribution in [0.5, 0.6) is 11.5 Å². The van der Waals surface area contributed by atoms with Crippen LogP contribution in [0.3, 0.4) is 0 Å². The van der Waals surface area contributed by atoms with Crippen molar-refractivity contribution >= 4 is 5.91 Å². The molecule has 128 valence electrons. The third-order valence-corrected chi connectivity index (χ3v) is 3.82. The molecule has 0 spiro atoms. The number of hydrogen-bond donors (Lipinski definition) is 1. The average molecular weight is 343 g/mol. The first kappa shape index (κ1) is 17.2. The van der Waals surface area contributed by atoms with E-state index in [4.69, 9.17) is 10.00 Å². The Morgan fingerprint density at radius 3 is 2.54 bits per heavy atom. The Kier molecular flexibility index (Phi) is 5.25. The van der Waals surface area contributed by atoms with Crippen LogP contribution in [0.25, 0.3) is 0 Å². The van der Waals surface area contributed by atoms with Crippen LogP contribution in [0.2, 0.25) is 0 Å². The van der Waals surface area contributed by atoms with Gasteiger partial charge in [0.25, 0.3) is 5.91 Å². The van der Waals surface area contributed by atoms with Crippen molar-refractivity contribution in [2.24, 2.45) is 0 Å². The van der Waals surface area contributed by atoms with Crippen LogP contribution in [0.15, 0.2) is 66.7 Å². The molecule has 1 heterocycles. The number of pyridine rings is 1. The van der Waals surface area contributed by atoms with Gasteiger partial charge in [-0.3, -0.25) is 4.79 Å². The molecular weight excluding hydrogens is 326 g/mol. The minimum Gasteiger partial charge on any atom is -0.457 e. The summed E-state index contributed by atoms with van der Waals surface area (Å²) < 4.78 is 5.89. The van der Waals surface area contributed by atoms with E-state index >= 15 is 0 Å². The van der Waals surface area contributed by atoms with E-state index < -0.39 is 0 Å². The zero-order chi connectivity index (χ0) is 18.4. The first-order valence-corrected chi connectivity index (χ1v) is 8.14. The van der Waals surface area contributed by atoms with E-state index in [9.17, 15) is 4.79 Å². The summed E-state index contributed by atoms with van der Waals surface area (Å²) in [4.78, 5) is 16.5. The molecule has 0 saturated heterocycles. The van der Waals surface area contributed by atoms with Gasteiger partial charge in [-0.05, 0) is 37.3 Å². The maximum Gasteiger partial charge on any atom is 0.270 e. The first-order valence-electron chi connectivity index (χ1n) is 8.14. The van der Waals surface area contributed by atoms with E-state index in [2.05, 4.69) is 10.3 Å². The number of nitrogens with one attached hydrogen (secondary N) is 1. The second-order valence-electron chi connectivity index (χ2n) is 5.65. The van der Waals surface area contributed by atoms with Crippen LogP contribution in [0.1, 0.15) is 27.3 Å². The molecule has 5 nitrogen and oxygen atoms in total. The minimum absolute atomic E-state index is 0.281. The Bertz CT molecular complexity index is 962. The van der Waals surface area contributed by atoms with Gasteiger partial charge < -0.3 is 10.1 Å². The van der Waals surface area contributed by atoms with Gasteiger partial charge in [-0.25, -0.2) is 4.98 Å². The molecule has 26 heavy (non-hydrogen) atoms. The quantitative estimate of drug-likeness (QED) is 0.760. The number of nitriles is 1. The SMILES string of the molecule is Cc1nc(C(=O)NCc2ccccc2Oc2ccccc2)ccc1C#N. The van der Waals surface area contributed by atoms with Crippen molar-refractivity contribution in [2.75, 3.05) is 0 Å². The molecule has 0 bridgehead atoms. The number of carbonyl (C=O) groups excluding carboxylic acids is 1. The number of ether oxygens (including phenoxy) is 1. The molecule has 1 N–H and O–H groups in total. The standard InChI is InChI=1S/C21H17N3O2/c1-15-16(13-22)11-12-19(24-15)21(25)23-14-17-7-5-6-10-20(17)26-18-8-3-2-4-9-18/h2-12H,14H2,1H3,(H,23,25). The predicted octanol–water partition coefficient (Wildman–Crippen LogP) is 3.98. The number of aryl methyl sites for hydroxylation is 1. The summed E-state index contributed by atoms with van der Waals surface area (Å²) in [5.41, 5.74) is 2.13. The number of hydrogen-bond acceptors (Lipinski definition) is 4. The highest BCUT2D eigenvalue weighted by molar-refractivity contribution is 5.92. The maximum absolute atomic E-state index is 12.3. The monoisotopic (exact) mass is 343 g/mol. The Morgan fingerprint density at radius 2 is 1.81 bits per heavy atom. The highest BCUT2D eigenvalue weighted by Gasteiger charge is 2.11. The number of benzene rings is 2. The smallest absolute Gasteiger partial charge is 0.270 e. The highest BCUT2D eigenvalue weighted by atomic mass is 16.5. The van der Waals surface area contributed by atoms with E-state index in [-0.39, 0.29) is 11.6 Å². The molecule has 0 atom stereocenters. The van der Waals surface area contributed by atoms with Crippen molar-refractivity contribution in [3.05, 3.63) is 89.2 Å². The van der Waals surface area contributed by atoms with Crippen LogP contribution in [-0.2, 0) is 6.54 Å². The van der Waals surface area contributed by atoms with Gasteiger partial charge in [0.2, 0.25) is 0 Å². The molecule has 0 aliphatic heterocycles. The molecule has 0 aliphatic rings. The number of para-hydroxylation sites is 2. The van der Waals surface area contributed by atoms with Crippen molar-refractivity contribution in [3.63, 3.8) is 0 Å². The summed E-state index contributed by atoms with van der Waals surface area (Å²) in [5, 5.41) is 11.8. The van der Waals surface area contributed by atoms with Crippen molar-refractivity contribution < 1.29 is 9.53 Å². The van der Waals surface area contributed by atoms with Gasteiger partial charge in [-0.2, -0.15) is 5.26 Å². The predicted molar refractivity (Wildman–Crippen MR) is 97.8 cm³/mol. The lowest BCUT2D eigenvalue weighted by Crippen LogP contribution is -2.24. The van der Waals surface area contributed by atoms with E-state index in [1.807, 2.05) is 60.7 Å². The average Bonchev–Trinajstić information content (AvgIpc) is 2.68. The van der Waals surface area contributed by atoms with Crippen LogP contribution < -0.4 is 10.1 Å². The Balaban J connectivity index is 1.71. The van der Waals surface area contributed by atoms with Crippen LogP contribution in [0.4, 0.5) is 0 Å². The summed E-state index contributed by atoms with van der Waals surface area (Å²) in [6.07, 6.45) is 0. The fourth-order valence-corrected chi connectivity index (χ4v) is 2.44. The third kappa shape index (κ3) is 4.05. The Hall–Kier alpha value is -3.65. The molecule has 2 aromatic carbocycles. The van der Waals surface area contributed by atoms with Gasteiger partial charge in [-0.15, -0.1) is 0 Å². The molecule has 0 unspecified atom stereocenters. The molecule has 1 aromatic heterocycles. The van der Waals surface area contributed by atoms with Gasteiger partial charge in [0.05, 0.1) is 11.3 Å². The van der Waals surface area contributed by atoms with Crippen molar-refractivity contribution in [1.82, 2.24) is 10.3 Å². The summed E-state index contributed by atoms with van der Waals surface area (Å²) in [5.74, 6) is 1.12. The second-order valence-corrected chi connectivity index (χ2v) is 5.65. The lowest BCUT2D eigenvalue weighted by atomic mass is 10.2. The molecule has 5 heteroatoms. The molecule has 0 aliphatic carbocycles. The zero-order valence-electron chi connectivity index (χ0n) is 14.3. The van der Waals surface area contributed by atoms with E-state index in [1.165, 1.54) is 0 Å². The lowest BCUT2D eigenvalue weighted by Gasteiger charge is -2.12. The zero-order valence-corrected chi connectivity index (χ0v) is 14.3. The minimum atomic E-state index is -0.299. The van der Waals surface area contributed by atoms with Crippen LogP contribution in [-0.4, -0.2) is 10.9 Å². The number of nitrogens with zero attached hydrogens (tertiary/aromatic N) is 2. The molecule has 0 saturated carbocycles. The highest BCUT2D eigenvalue weighted by Crippen LogP contribution is 2.24. The van der Waals surface area contributed by atoms with Crippen molar-refractivity contribution in [1.29, 1.82) is 5.26 Å². The Morgan fingerprint density at radius 1 is 1.08 bits per heavy atom. The lowest BCUT2D eigenvalue weighted by molar-refractivity contribution is 0.0945. The largest absolute Gasteiger partial charge is 0.457 e. The molecule has 3 rings (SSSR count). The topological polar surface area (TPSA) is 75.0 Å². The fourth-order valence-electron chi connectivity index (χ4n) is 2.44. The Labute approximate surface area is 151 Å². The molecule has 1 amide bonds. The van der Waals surface area contributed by atoms with Gasteiger partial charge in [0, 0.05) is 12.1 Å². The van der Waals surface area contributed by atoms with Gasteiger partial charge >= 0.3 is 0 Å². The molecule has 3 aromatic rings. The molecule has 0 radical (unpaired) electrons. The fraction of sp³-hybridized carbons (Fsp3) is 0.0952. The summed E-state index contributed by atoms with van der Waals surface area (Å²) in [6, 6.07) is 22.2. The van der Waals surface area contributed by atoms with E-state index in [0.717, 1.165) is 11.3 Å². The molecular formula is C21H17N3O2. The summed E-state index contributed by atoms with van der Waals surface area (Å²) in [6.45, 7) is 2.01. The van der Waals surface area contributed by atoms with Crippen molar-refractivity contribution in [3.8, 4) is 17.6 Å². The third-order valence-electron chi connectivity index (χ3n) is 3.82. The summed E-state index contributed by atoms with van der Waals surface area (Å²) >= 11 is 0. The van der Waals surface area contributed by atoms with Gasteiger partial charge in [-0.1, -0.05) is 36.4 Å². The van der Waals surface area contributed by atoms with Gasteiger partial charge in [0.15, 0.2) is 0 Å². The summed E-state index contributed by atoms with van der Waals surface area (Å²) in [7, 11) is 0. The van der Waals surface area contributed by atoms with Crippen LogP contribution in [0, 0.1) is 18.3 Å². The van der Waals surface area contributed by atoms with Gasteiger partial charge in [0.1, 0.15) is 23.3 Å². The number of aromatic nitrogens is 1. The van der Waals surface area contributed by atoms with E-state index in [0.29, 0.717) is 23.6 Å². The van der Waals surface area contributed by atoms with Crippen molar-refractivity contribution in [2.45, 2.75) is 13.5 Å².